The summed E-state index contributed by atoms with van der Waals surface area (Å²) < 4.78 is 0. The second-order valence-electron chi connectivity index (χ2n) is 2.60. The zero-order valence-corrected chi connectivity index (χ0v) is 7.94. The molecule has 0 heterocycles. The molecule has 0 unspecified atom stereocenters. The average Bonchev–Trinajstić information content (AvgIpc) is 2.09. The third kappa shape index (κ3) is 10.7. The number of carbonyl (C=O) groups is 1. The van der Waals surface area contributed by atoms with E-state index in [-0.39, 0.29) is 6.42 Å². The van der Waals surface area contributed by atoms with Crippen LogP contribution in [-0.2, 0) is 4.79 Å². The van der Waals surface area contributed by atoms with E-state index in [2.05, 4.69) is 6.08 Å². The van der Waals surface area contributed by atoms with Crippen LogP contribution in [0.3, 0.4) is 0 Å². The molecular weight excluding hydrogens is 164 g/mol. The molecule has 0 rings (SSSR count). The number of aliphatic carboxylic acids is 1. The molecule has 0 aromatic rings. The smallest absolute Gasteiger partial charge is 0.307 e. The molecule has 0 atom stereocenters. The van der Waals surface area contributed by atoms with Gasteiger partial charge >= 0.3 is 5.97 Å². The summed E-state index contributed by atoms with van der Waals surface area (Å²) in [6, 6.07) is 0. The van der Waals surface area contributed by atoms with E-state index in [0.29, 0.717) is 0 Å². The van der Waals surface area contributed by atoms with Gasteiger partial charge in [0.1, 0.15) is 0 Å². The molecule has 13 heavy (non-hydrogen) atoms. The van der Waals surface area contributed by atoms with Crippen molar-refractivity contribution >= 4 is 5.97 Å². The van der Waals surface area contributed by atoms with E-state index in [1.807, 2.05) is 31.2 Å². The zero-order valence-electron chi connectivity index (χ0n) is 7.94. The second-order valence-corrected chi connectivity index (χ2v) is 2.60. The Morgan fingerprint density at radius 2 is 1.85 bits per heavy atom. The first-order valence-corrected chi connectivity index (χ1v) is 4.42. The fourth-order valence-corrected chi connectivity index (χ4v) is 0.780. The molecule has 1 N–H and O–H groups in total. The minimum atomic E-state index is -0.777. The molecular formula is C11H16O2. The van der Waals surface area contributed by atoms with E-state index in [0.717, 1.165) is 12.8 Å². The summed E-state index contributed by atoms with van der Waals surface area (Å²) in [4.78, 5) is 10.1. The van der Waals surface area contributed by atoms with Crippen molar-refractivity contribution < 1.29 is 9.90 Å². The topological polar surface area (TPSA) is 37.3 Å². The molecule has 0 aromatic heterocycles. The lowest BCUT2D eigenvalue weighted by Gasteiger charge is -1.85. The molecule has 2 nitrogen and oxygen atoms in total. The van der Waals surface area contributed by atoms with Crippen LogP contribution >= 0.6 is 0 Å². The van der Waals surface area contributed by atoms with Gasteiger partial charge in [-0.05, 0) is 19.8 Å². The van der Waals surface area contributed by atoms with Gasteiger partial charge in [-0.25, -0.2) is 0 Å². The molecule has 0 spiro atoms. The first kappa shape index (κ1) is 11.7. The minimum Gasteiger partial charge on any atom is -0.481 e. The predicted molar refractivity (Wildman–Crippen MR) is 54.6 cm³/mol. The summed E-state index contributed by atoms with van der Waals surface area (Å²) in [6.07, 6.45) is 13.6. The molecule has 0 radical (unpaired) electrons. The Morgan fingerprint density at radius 3 is 2.46 bits per heavy atom. The lowest BCUT2D eigenvalue weighted by molar-refractivity contribution is -0.136. The van der Waals surface area contributed by atoms with Gasteiger partial charge in [-0.2, -0.15) is 0 Å². The number of allylic oxidation sites excluding steroid dienone is 5. The molecule has 72 valence electrons. The van der Waals surface area contributed by atoms with Crippen molar-refractivity contribution in [2.24, 2.45) is 0 Å². The van der Waals surface area contributed by atoms with Crippen molar-refractivity contribution in [1.82, 2.24) is 0 Å². The van der Waals surface area contributed by atoms with Crippen molar-refractivity contribution in [2.75, 3.05) is 0 Å². The van der Waals surface area contributed by atoms with Crippen molar-refractivity contribution in [1.29, 1.82) is 0 Å². The Bertz CT molecular complexity index is 212. The number of carboxylic acids is 1. The number of hydrogen-bond donors (Lipinski definition) is 1. The molecule has 0 aliphatic carbocycles. The largest absolute Gasteiger partial charge is 0.481 e. The van der Waals surface area contributed by atoms with Crippen molar-refractivity contribution in [2.45, 2.75) is 26.2 Å². The average molecular weight is 180 g/mol. The highest BCUT2D eigenvalue weighted by molar-refractivity contribution is 5.68. The number of rotatable bonds is 6. The number of unbranched alkanes of at least 4 members (excludes halogenated alkanes) is 1. The SMILES string of the molecule is CC=CC=CCCC=CCC(=O)O. The molecule has 0 amide bonds. The number of carboxylic acid groups (broad SMARTS) is 1. The van der Waals surface area contributed by atoms with Crippen LogP contribution in [0.5, 0.6) is 0 Å². The van der Waals surface area contributed by atoms with Gasteiger partial charge in [0.2, 0.25) is 0 Å². The van der Waals surface area contributed by atoms with Gasteiger partial charge in [0.15, 0.2) is 0 Å². The highest BCUT2D eigenvalue weighted by Gasteiger charge is 1.87. The minimum absolute atomic E-state index is 0.124. The maximum absolute atomic E-state index is 10.1. The van der Waals surface area contributed by atoms with Crippen molar-refractivity contribution in [3.8, 4) is 0 Å². The fourth-order valence-electron chi connectivity index (χ4n) is 0.780. The molecule has 0 aliphatic heterocycles. The monoisotopic (exact) mass is 180 g/mol. The predicted octanol–water partition coefficient (Wildman–Crippen LogP) is 2.93. The molecule has 0 aromatic carbocycles. The summed E-state index contributed by atoms with van der Waals surface area (Å²) in [5, 5.41) is 8.31. The Labute approximate surface area is 79.3 Å². The highest BCUT2D eigenvalue weighted by atomic mass is 16.4. The number of hydrogen-bond acceptors (Lipinski definition) is 1. The van der Waals surface area contributed by atoms with Crippen molar-refractivity contribution in [3.05, 3.63) is 36.5 Å². The highest BCUT2D eigenvalue weighted by Crippen LogP contribution is 1.94. The summed E-state index contributed by atoms with van der Waals surface area (Å²) in [5.74, 6) is -0.777. The van der Waals surface area contributed by atoms with E-state index >= 15 is 0 Å². The summed E-state index contributed by atoms with van der Waals surface area (Å²) in [7, 11) is 0. The van der Waals surface area contributed by atoms with Gasteiger partial charge < -0.3 is 5.11 Å². The standard InChI is InChI=1S/C11H16O2/c1-2-3-4-5-6-7-8-9-10-11(12)13/h2-5,8-9H,6-7,10H2,1H3,(H,12,13). The van der Waals surface area contributed by atoms with E-state index < -0.39 is 5.97 Å². The lowest BCUT2D eigenvalue weighted by atomic mass is 10.2. The van der Waals surface area contributed by atoms with Gasteiger partial charge in [0.05, 0.1) is 6.42 Å². The zero-order chi connectivity index (χ0) is 9.94. The van der Waals surface area contributed by atoms with Crippen LogP contribution in [0.4, 0.5) is 0 Å². The molecule has 2 heteroatoms. The second kappa shape index (κ2) is 8.78. The Hall–Kier alpha value is -1.31. The first-order chi connectivity index (χ1) is 6.27. The van der Waals surface area contributed by atoms with Crippen LogP contribution < -0.4 is 0 Å². The normalized spacial score (nSPS) is 12.1. The Morgan fingerprint density at radius 1 is 1.15 bits per heavy atom. The maximum Gasteiger partial charge on any atom is 0.307 e. The van der Waals surface area contributed by atoms with Crippen LogP contribution in [0.25, 0.3) is 0 Å². The van der Waals surface area contributed by atoms with Crippen LogP contribution in [0.15, 0.2) is 36.5 Å². The molecule has 0 fully saturated rings. The molecule has 0 saturated heterocycles. The Kier molecular flexibility index (Phi) is 7.90. The molecule has 0 aliphatic rings. The summed E-state index contributed by atoms with van der Waals surface area (Å²) >= 11 is 0. The van der Waals surface area contributed by atoms with Crippen LogP contribution in [0, 0.1) is 0 Å². The van der Waals surface area contributed by atoms with Crippen LogP contribution in [0.2, 0.25) is 0 Å². The third-order valence-electron chi connectivity index (χ3n) is 1.40. The van der Waals surface area contributed by atoms with E-state index in [1.165, 1.54) is 0 Å². The van der Waals surface area contributed by atoms with Gasteiger partial charge in [-0.3, -0.25) is 4.79 Å². The lowest BCUT2D eigenvalue weighted by Crippen LogP contribution is -1.89. The summed E-state index contributed by atoms with van der Waals surface area (Å²) in [6.45, 7) is 1.97. The first-order valence-electron chi connectivity index (χ1n) is 4.42. The molecule has 0 bridgehead atoms. The van der Waals surface area contributed by atoms with Crippen LogP contribution in [0.1, 0.15) is 26.2 Å². The van der Waals surface area contributed by atoms with Crippen LogP contribution in [-0.4, -0.2) is 11.1 Å². The third-order valence-corrected chi connectivity index (χ3v) is 1.40. The van der Waals surface area contributed by atoms with Crippen molar-refractivity contribution in [3.63, 3.8) is 0 Å². The van der Waals surface area contributed by atoms with E-state index in [9.17, 15) is 4.79 Å². The van der Waals surface area contributed by atoms with Gasteiger partial charge in [0, 0.05) is 0 Å². The van der Waals surface area contributed by atoms with Gasteiger partial charge in [-0.1, -0.05) is 36.5 Å². The van der Waals surface area contributed by atoms with Gasteiger partial charge in [-0.15, -0.1) is 0 Å². The quantitative estimate of drug-likeness (QED) is 0.387. The van der Waals surface area contributed by atoms with E-state index in [4.69, 9.17) is 5.11 Å². The summed E-state index contributed by atoms with van der Waals surface area (Å²) in [5.41, 5.74) is 0. The Balaban J connectivity index is 3.34. The van der Waals surface area contributed by atoms with Gasteiger partial charge in [0.25, 0.3) is 0 Å². The molecule has 0 saturated carbocycles. The van der Waals surface area contributed by atoms with E-state index in [1.54, 1.807) is 6.08 Å². The maximum atomic E-state index is 10.1. The fraction of sp³-hybridized carbons (Fsp3) is 0.364.